The number of sulfone groups is 1. The van der Waals surface area contributed by atoms with Gasteiger partial charge in [0.15, 0.2) is 0 Å². The smallest absolute Gasteiger partial charge is 0.147 e. The Morgan fingerprint density at radius 2 is 2.00 bits per heavy atom. The van der Waals surface area contributed by atoms with E-state index in [-0.39, 0.29) is 0 Å². The highest BCUT2D eigenvalue weighted by molar-refractivity contribution is 7.90. The van der Waals surface area contributed by atoms with E-state index in [1.807, 2.05) is 0 Å². The van der Waals surface area contributed by atoms with Gasteiger partial charge in [-0.2, -0.15) is 0 Å². The first-order chi connectivity index (χ1) is 10.0. The van der Waals surface area contributed by atoms with Crippen LogP contribution in [0.4, 0.5) is 0 Å². The topological polar surface area (TPSA) is 46.2 Å². The maximum absolute atomic E-state index is 11.3. The van der Waals surface area contributed by atoms with Gasteiger partial charge in [-0.15, -0.1) is 0 Å². The molecule has 0 saturated heterocycles. The monoisotopic (exact) mass is 309 g/mol. The maximum Gasteiger partial charge on any atom is 0.147 e. The third-order valence-corrected chi connectivity index (χ3v) is 5.30. The summed E-state index contributed by atoms with van der Waals surface area (Å²) < 4.78 is 22.6. The Labute approximate surface area is 129 Å². The highest BCUT2D eigenvalue weighted by Gasteiger charge is 2.43. The van der Waals surface area contributed by atoms with E-state index < -0.39 is 9.84 Å². The predicted molar refractivity (Wildman–Crippen MR) is 88.3 cm³/mol. The van der Waals surface area contributed by atoms with Crippen molar-refractivity contribution in [2.45, 2.75) is 44.6 Å². The SMILES string of the molecule is CCCNC(CCCS(C)(=O)=O)C1CC1c1ccccc1. The van der Waals surface area contributed by atoms with Crippen LogP contribution in [0.15, 0.2) is 30.3 Å². The van der Waals surface area contributed by atoms with E-state index in [9.17, 15) is 8.42 Å². The van der Waals surface area contributed by atoms with Gasteiger partial charge in [0.2, 0.25) is 0 Å². The quantitative estimate of drug-likeness (QED) is 0.763. The first-order valence-corrected chi connectivity index (χ1v) is 10.0. The summed E-state index contributed by atoms with van der Waals surface area (Å²) in [5.74, 6) is 1.62. The van der Waals surface area contributed by atoms with Gasteiger partial charge in [0, 0.05) is 18.1 Å². The molecule has 0 heterocycles. The van der Waals surface area contributed by atoms with Crippen molar-refractivity contribution in [3.05, 3.63) is 35.9 Å². The molecule has 2 rings (SSSR count). The molecule has 0 amide bonds. The van der Waals surface area contributed by atoms with Gasteiger partial charge >= 0.3 is 0 Å². The van der Waals surface area contributed by atoms with Crippen molar-refractivity contribution in [2.24, 2.45) is 5.92 Å². The first-order valence-electron chi connectivity index (χ1n) is 7.97. The highest BCUT2D eigenvalue weighted by atomic mass is 32.2. The molecule has 3 unspecified atom stereocenters. The molecule has 0 bridgehead atoms. The lowest BCUT2D eigenvalue weighted by molar-refractivity contribution is 0.425. The summed E-state index contributed by atoms with van der Waals surface area (Å²) in [5, 5.41) is 3.62. The lowest BCUT2D eigenvalue weighted by Crippen LogP contribution is -2.32. The van der Waals surface area contributed by atoms with Crippen LogP contribution in [0.3, 0.4) is 0 Å². The summed E-state index contributed by atoms with van der Waals surface area (Å²) in [5.41, 5.74) is 1.42. The molecular weight excluding hydrogens is 282 g/mol. The van der Waals surface area contributed by atoms with Crippen LogP contribution in [-0.4, -0.2) is 33.0 Å². The predicted octanol–water partition coefficient (Wildman–Crippen LogP) is 2.98. The van der Waals surface area contributed by atoms with Crippen molar-refractivity contribution in [3.63, 3.8) is 0 Å². The molecule has 1 aromatic rings. The number of rotatable bonds is 9. The molecule has 0 radical (unpaired) electrons. The average molecular weight is 309 g/mol. The van der Waals surface area contributed by atoms with Crippen molar-refractivity contribution in [1.29, 1.82) is 0 Å². The normalized spacial score (nSPS) is 23.0. The summed E-state index contributed by atoms with van der Waals surface area (Å²) in [7, 11) is -2.84. The maximum atomic E-state index is 11.3. The molecule has 1 saturated carbocycles. The summed E-state index contributed by atoms with van der Waals surface area (Å²) in [4.78, 5) is 0. The fraction of sp³-hybridized carbons (Fsp3) is 0.647. The van der Waals surface area contributed by atoms with Crippen LogP contribution in [0.2, 0.25) is 0 Å². The second-order valence-corrected chi connectivity index (χ2v) is 8.51. The molecule has 1 aliphatic carbocycles. The Morgan fingerprint density at radius 1 is 1.29 bits per heavy atom. The molecule has 0 aliphatic heterocycles. The van der Waals surface area contributed by atoms with Crippen LogP contribution in [0.5, 0.6) is 0 Å². The average Bonchev–Trinajstić information content (AvgIpc) is 3.23. The van der Waals surface area contributed by atoms with Crippen molar-refractivity contribution in [2.75, 3.05) is 18.6 Å². The van der Waals surface area contributed by atoms with Gasteiger partial charge in [0.05, 0.1) is 0 Å². The second kappa shape index (κ2) is 7.41. The van der Waals surface area contributed by atoms with Gasteiger partial charge < -0.3 is 5.32 Å². The van der Waals surface area contributed by atoms with E-state index in [2.05, 4.69) is 42.6 Å². The number of benzene rings is 1. The Kier molecular flexibility index (Phi) is 5.82. The van der Waals surface area contributed by atoms with Crippen LogP contribution in [0.25, 0.3) is 0 Å². The highest BCUT2D eigenvalue weighted by Crippen LogP contribution is 2.50. The van der Waals surface area contributed by atoms with Crippen molar-refractivity contribution in [3.8, 4) is 0 Å². The second-order valence-electron chi connectivity index (χ2n) is 6.25. The third-order valence-electron chi connectivity index (χ3n) is 4.27. The van der Waals surface area contributed by atoms with Crippen molar-refractivity contribution >= 4 is 9.84 Å². The molecule has 0 aromatic heterocycles. The van der Waals surface area contributed by atoms with Gasteiger partial charge in [-0.05, 0) is 49.6 Å². The van der Waals surface area contributed by atoms with E-state index in [1.165, 1.54) is 18.2 Å². The minimum absolute atomic E-state index is 0.306. The summed E-state index contributed by atoms with van der Waals surface area (Å²) in [6.07, 6.45) is 5.39. The third kappa shape index (κ3) is 5.44. The number of hydrogen-bond donors (Lipinski definition) is 1. The van der Waals surface area contributed by atoms with Gasteiger partial charge in [-0.1, -0.05) is 37.3 Å². The Morgan fingerprint density at radius 3 is 2.62 bits per heavy atom. The van der Waals surface area contributed by atoms with E-state index in [0.29, 0.717) is 23.6 Å². The molecule has 3 nitrogen and oxygen atoms in total. The Balaban J connectivity index is 1.88. The largest absolute Gasteiger partial charge is 0.314 e. The van der Waals surface area contributed by atoms with Gasteiger partial charge in [0.1, 0.15) is 9.84 Å². The standard InChI is InChI=1S/C17H27NO2S/c1-3-11-18-17(10-7-12-21(2,19)20)16-13-15(16)14-8-5-4-6-9-14/h4-6,8-9,15-18H,3,7,10-13H2,1-2H3. The summed E-state index contributed by atoms with van der Waals surface area (Å²) in [6.45, 7) is 3.18. The minimum Gasteiger partial charge on any atom is -0.314 e. The van der Waals surface area contributed by atoms with Gasteiger partial charge in [0.25, 0.3) is 0 Å². The van der Waals surface area contributed by atoms with Crippen LogP contribution >= 0.6 is 0 Å². The van der Waals surface area contributed by atoms with Gasteiger partial charge in [-0.25, -0.2) is 8.42 Å². The molecule has 21 heavy (non-hydrogen) atoms. The molecule has 4 heteroatoms. The fourth-order valence-corrected chi connectivity index (χ4v) is 3.80. The molecule has 1 aromatic carbocycles. The van der Waals surface area contributed by atoms with Crippen LogP contribution in [0, 0.1) is 5.92 Å². The van der Waals surface area contributed by atoms with Crippen LogP contribution in [0.1, 0.15) is 44.1 Å². The van der Waals surface area contributed by atoms with E-state index >= 15 is 0 Å². The summed E-state index contributed by atoms with van der Waals surface area (Å²) in [6, 6.07) is 11.1. The molecule has 1 aliphatic rings. The molecule has 1 fully saturated rings. The molecule has 1 N–H and O–H groups in total. The number of nitrogens with one attached hydrogen (secondary N) is 1. The minimum atomic E-state index is -2.84. The number of hydrogen-bond acceptors (Lipinski definition) is 3. The summed E-state index contributed by atoms with van der Waals surface area (Å²) >= 11 is 0. The van der Waals surface area contributed by atoms with E-state index in [4.69, 9.17) is 0 Å². The van der Waals surface area contributed by atoms with Crippen molar-refractivity contribution < 1.29 is 8.42 Å². The van der Waals surface area contributed by atoms with Gasteiger partial charge in [-0.3, -0.25) is 0 Å². The van der Waals surface area contributed by atoms with Crippen LogP contribution < -0.4 is 5.32 Å². The molecule has 0 spiro atoms. The zero-order chi connectivity index (χ0) is 15.3. The van der Waals surface area contributed by atoms with E-state index in [1.54, 1.807) is 0 Å². The molecule has 118 valence electrons. The first kappa shape index (κ1) is 16.5. The Hall–Kier alpha value is -0.870. The fourth-order valence-electron chi connectivity index (χ4n) is 3.11. The van der Waals surface area contributed by atoms with Crippen molar-refractivity contribution in [1.82, 2.24) is 5.32 Å². The zero-order valence-corrected chi connectivity index (χ0v) is 13.9. The lowest BCUT2D eigenvalue weighted by atomic mass is 10.0. The zero-order valence-electron chi connectivity index (χ0n) is 13.1. The molecular formula is C17H27NO2S. The van der Waals surface area contributed by atoms with E-state index in [0.717, 1.165) is 25.8 Å². The molecule has 3 atom stereocenters. The lowest BCUT2D eigenvalue weighted by Gasteiger charge is -2.18. The Bertz CT molecular complexity index is 527. The van der Waals surface area contributed by atoms with Crippen LogP contribution in [-0.2, 0) is 9.84 Å².